The summed E-state index contributed by atoms with van der Waals surface area (Å²) in [6.45, 7) is 0. The van der Waals surface area contributed by atoms with E-state index in [2.05, 4.69) is 10.3 Å². The van der Waals surface area contributed by atoms with Crippen LogP contribution in [0.1, 0.15) is 10.4 Å². The van der Waals surface area contributed by atoms with Gasteiger partial charge in [-0.15, -0.1) is 0 Å². The lowest BCUT2D eigenvalue weighted by atomic mass is 10.1. The lowest BCUT2D eigenvalue weighted by Gasteiger charge is -2.11. The molecule has 2 N–H and O–H groups in total. The van der Waals surface area contributed by atoms with Gasteiger partial charge >= 0.3 is 5.97 Å². The van der Waals surface area contributed by atoms with Gasteiger partial charge in [0.2, 0.25) is 0 Å². The normalized spacial score (nSPS) is 10.5. The van der Waals surface area contributed by atoms with E-state index < -0.39 is 11.8 Å². The smallest absolute Gasteiger partial charge is 0.339 e. The van der Waals surface area contributed by atoms with Crippen molar-refractivity contribution in [1.82, 2.24) is 4.98 Å². The van der Waals surface area contributed by atoms with Crippen LogP contribution in [0.5, 0.6) is 0 Å². The Morgan fingerprint density at radius 2 is 1.90 bits per heavy atom. The molecular weight excluding hydrogens is 271 g/mol. The fraction of sp³-hybridized carbons (Fsp3) is 0. The second-order valence-electron chi connectivity index (χ2n) is 4.51. The van der Waals surface area contributed by atoms with Crippen molar-refractivity contribution in [2.24, 2.45) is 0 Å². The van der Waals surface area contributed by atoms with Crippen LogP contribution in [-0.4, -0.2) is 16.1 Å². The molecule has 0 aliphatic heterocycles. The van der Waals surface area contributed by atoms with E-state index in [0.29, 0.717) is 0 Å². The maximum Gasteiger partial charge on any atom is 0.339 e. The molecule has 0 atom stereocenters. The number of rotatable bonds is 3. The van der Waals surface area contributed by atoms with Crippen molar-refractivity contribution in [2.45, 2.75) is 0 Å². The number of halogens is 1. The molecule has 0 saturated carbocycles. The van der Waals surface area contributed by atoms with Crippen LogP contribution in [0.4, 0.5) is 15.9 Å². The predicted molar refractivity (Wildman–Crippen MR) is 78.4 cm³/mol. The van der Waals surface area contributed by atoms with Gasteiger partial charge in [-0.2, -0.15) is 0 Å². The number of carbonyl (C=O) groups is 1. The summed E-state index contributed by atoms with van der Waals surface area (Å²) in [7, 11) is 0. The fourth-order valence-corrected chi connectivity index (χ4v) is 2.16. The van der Waals surface area contributed by atoms with Crippen LogP contribution in [0.15, 0.2) is 54.7 Å². The average Bonchev–Trinajstić information content (AvgIpc) is 2.49. The number of aromatic carboxylic acids is 1. The highest BCUT2D eigenvalue weighted by Crippen LogP contribution is 2.27. The van der Waals surface area contributed by atoms with Gasteiger partial charge in [-0.1, -0.05) is 36.4 Å². The Morgan fingerprint density at radius 3 is 2.71 bits per heavy atom. The molecule has 2 aromatic carbocycles. The first-order valence-electron chi connectivity index (χ1n) is 6.29. The molecule has 5 heteroatoms. The zero-order valence-electron chi connectivity index (χ0n) is 10.9. The highest BCUT2D eigenvalue weighted by molar-refractivity contribution is 5.98. The van der Waals surface area contributed by atoms with Crippen molar-refractivity contribution >= 4 is 28.2 Å². The van der Waals surface area contributed by atoms with Crippen molar-refractivity contribution in [2.75, 3.05) is 5.32 Å². The number of hydrogen-bond acceptors (Lipinski definition) is 3. The number of carboxylic acids is 1. The molecule has 21 heavy (non-hydrogen) atoms. The van der Waals surface area contributed by atoms with Gasteiger partial charge in [-0.05, 0) is 17.5 Å². The third-order valence-corrected chi connectivity index (χ3v) is 3.13. The van der Waals surface area contributed by atoms with E-state index in [0.717, 1.165) is 28.7 Å². The van der Waals surface area contributed by atoms with Crippen LogP contribution in [-0.2, 0) is 0 Å². The van der Waals surface area contributed by atoms with Gasteiger partial charge in [0.15, 0.2) is 0 Å². The number of nitrogens with zero attached hydrogens (tertiary/aromatic N) is 1. The maximum atomic E-state index is 13.1. The third kappa shape index (κ3) is 2.53. The molecular formula is C16H11FN2O2. The minimum Gasteiger partial charge on any atom is -0.478 e. The van der Waals surface area contributed by atoms with E-state index in [-0.39, 0.29) is 11.4 Å². The van der Waals surface area contributed by atoms with E-state index in [1.807, 2.05) is 42.5 Å². The Labute approximate surface area is 119 Å². The number of nitrogens with one attached hydrogen (secondary N) is 1. The van der Waals surface area contributed by atoms with Crippen LogP contribution in [0.3, 0.4) is 0 Å². The van der Waals surface area contributed by atoms with Gasteiger partial charge in [-0.3, -0.25) is 0 Å². The summed E-state index contributed by atoms with van der Waals surface area (Å²) < 4.78 is 13.1. The quantitative estimate of drug-likeness (QED) is 0.766. The van der Waals surface area contributed by atoms with E-state index >= 15 is 0 Å². The van der Waals surface area contributed by atoms with Crippen LogP contribution < -0.4 is 5.32 Å². The summed E-state index contributed by atoms with van der Waals surface area (Å²) in [4.78, 5) is 15.0. The van der Waals surface area contributed by atoms with Crippen molar-refractivity contribution < 1.29 is 14.3 Å². The zero-order valence-corrected chi connectivity index (χ0v) is 10.9. The van der Waals surface area contributed by atoms with Crippen LogP contribution in [0.25, 0.3) is 10.8 Å². The summed E-state index contributed by atoms with van der Waals surface area (Å²) in [6, 6.07) is 14.3. The third-order valence-electron chi connectivity index (χ3n) is 3.13. The number of fused-ring (bicyclic) bond motifs is 1. The summed E-state index contributed by atoms with van der Waals surface area (Å²) in [5.74, 6) is -1.80. The molecule has 0 fully saturated rings. The first-order valence-corrected chi connectivity index (χ1v) is 6.29. The van der Waals surface area contributed by atoms with Crippen LogP contribution in [0.2, 0.25) is 0 Å². The first kappa shape index (κ1) is 13.1. The molecule has 3 rings (SSSR count). The molecule has 0 aliphatic rings. The Hall–Kier alpha value is -2.95. The molecule has 0 spiro atoms. The maximum absolute atomic E-state index is 13.1. The Balaban J connectivity index is 2.09. The molecule has 4 nitrogen and oxygen atoms in total. The van der Waals surface area contributed by atoms with Gasteiger partial charge in [-0.25, -0.2) is 14.2 Å². The molecule has 104 valence electrons. The monoisotopic (exact) mass is 282 g/mol. The number of carboxylic acid groups (broad SMARTS) is 1. The van der Waals surface area contributed by atoms with Crippen molar-refractivity contribution in [1.29, 1.82) is 0 Å². The van der Waals surface area contributed by atoms with Crippen molar-refractivity contribution in [3.63, 3.8) is 0 Å². The summed E-state index contributed by atoms with van der Waals surface area (Å²) in [5.41, 5.74) is 0.512. The lowest BCUT2D eigenvalue weighted by molar-refractivity contribution is 0.0697. The van der Waals surface area contributed by atoms with Crippen molar-refractivity contribution in [3.8, 4) is 0 Å². The van der Waals surface area contributed by atoms with Crippen molar-refractivity contribution in [3.05, 3.63) is 66.1 Å². The molecule has 1 heterocycles. The molecule has 0 aliphatic carbocycles. The van der Waals surface area contributed by atoms with Crippen LogP contribution >= 0.6 is 0 Å². The minimum absolute atomic E-state index is 0.111. The van der Waals surface area contributed by atoms with Gasteiger partial charge in [0.25, 0.3) is 0 Å². The summed E-state index contributed by atoms with van der Waals surface area (Å²) in [5, 5.41) is 14.0. The Bertz CT molecular complexity index is 828. The van der Waals surface area contributed by atoms with E-state index in [1.54, 1.807) is 0 Å². The number of benzene rings is 2. The van der Waals surface area contributed by atoms with E-state index in [9.17, 15) is 9.18 Å². The SMILES string of the molecule is O=C(O)c1cc(F)cnc1Nc1cccc2ccccc12. The standard InChI is InChI=1S/C16H11FN2O2/c17-11-8-13(16(20)21)15(18-9-11)19-14-7-3-5-10-4-1-2-6-12(10)14/h1-9H,(H,18,19)(H,20,21). The van der Waals surface area contributed by atoms with Gasteiger partial charge in [0.05, 0.1) is 6.20 Å². The molecule has 1 aromatic heterocycles. The number of aromatic nitrogens is 1. The molecule has 0 radical (unpaired) electrons. The molecule has 0 unspecified atom stereocenters. The molecule has 0 bridgehead atoms. The van der Waals surface area contributed by atoms with Gasteiger partial charge in [0.1, 0.15) is 17.2 Å². The highest BCUT2D eigenvalue weighted by Gasteiger charge is 2.13. The number of pyridine rings is 1. The van der Waals surface area contributed by atoms with Gasteiger partial charge in [0, 0.05) is 11.1 Å². The zero-order chi connectivity index (χ0) is 14.8. The Morgan fingerprint density at radius 1 is 1.14 bits per heavy atom. The molecule has 3 aromatic rings. The minimum atomic E-state index is -1.23. The van der Waals surface area contributed by atoms with E-state index in [1.165, 1.54) is 0 Å². The molecule has 0 saturated heterocycles. The fourth-order valence-electron chi connectivity index (χ4n) is 2.16. The van der Waals surface area contributed by atoms with Crippen LogP contribution in [0, 0.1) is 5.82 Å². The van der Waals surface area contributed by atoms with Gasteiger partial charge < -0.3 is 10.4 Å². The second kappa shape index (κ2) is 5.20. The van der Waals surface area contributed by atoms with E-state index in [4.69, 9.17) is 5.11 Å². The molecule has 0 amide bonds. The number of hydrogen-bond donors (Lipinski definition) is 2. The summed E-state index contributed by atoms with van der Waals surface area (Å²) >= 11 is 0. The average molecular weight is 282 g/mol. The largest absolute Gasteiger partial charge is 0.478 e. The predicted octanol–water partition coefficient (Wildman–Crippen LogP) is 3.82. The number of anilines is 2. The first-order chi connectivity index (χ1) is 10.1. The summed E-state index contributed by atoms with van der Waals surface area (Å²) in [6.07, 6.45) is 0.986. The Kier molecular flexibility index (Phi) is 3.23. The topological polar surface area (TPSA) is 62.2 Å². The highest BCUT2D eigenvalue weighted by atomic mass is 19.1. The second-order valence-corrected chi connectivity index (χ2v) is 4.51. The lowest BCUT2D eigenvalue weighted by Crippen LogP contribution is -2.05.